The van der Waals surface area contributed by atoms with Gasteiger partial charge in [-0.15, -0.1) is 0 Å². The van der Waals surface area contributed by atoms with Crippen LogP contribution in [-0.4, -0.2) is 37.4 Å². The Morgan fingerprint density at radius 2 is 1.27 bits per heavy atom. The molecule has 15 heavy (non-hydrogen) atoms. The molecule has 0 aromatic heterocycles. The first-order valence-corrected chi connectivity index (χ1v) is 10.9. The first-order chi connectivity index (χ1) is 6.21. The minimum atomic E-state index is -2.82. The summed E-state index contributed by atoms with van der Waals surface area (Å²) in [6.07, 6.45) is 0. The highest BCUT2D eigenvalue weighted by Gasteiger charge is 2.53. The van der Waals surface area contributed by atoms with Gasteiger partial charge in [-0.25, -0.2) is 0 Å². The zero-order valence-corrected chi connectivity index (χ0v) is 12.7. The van der Waals surface area contributed by atoms with Crippen molar-refractivity contribution in [2.45, 2.75) is 57.8 Å². The average Bonchev–Trinajstić information content (AvgIpc) is 1.77. The predicted octanol–water partition coefficient (Wildman–Crippen LogP) is 1.38. The maximum absolute atomic E-state index is 10.2. The molecule has 0 fully saturated rings. The van der Waals surface area contributed by atoms with Gasteiger partial charge in [0, 0.05) is 5.04 Å². The van der Waals surface area contributed by atoms with Crippen molar-refractivity contribution >= 4 is 16.9 Å². The van der Waals surface area contributed by atoms with Crippen LogP contribution in [0.3, 0.4) is 0 Å². The molecule has 92 valence electrons. The van der Waals surface area contributed by atoms with Crippen LogP contribution in [0.25, 0.3) is 0 Å². The summed E-state index contributed by atoms with van der Waals surface area (Å²) in [6, 6.07) is 0. The van der Waals surface area contributed by atoms with Crippen LogP contribution in [0.2, 0.25) is 31.2 Å². The first kappa shape index (κ1) is 15.3. The van der Waals surface area contributed by atoms with Crippen LogP contribution in [0.5, 0.6) is 0 Å². The summed E-state index contributed by atoms with van der Waals surface area (Å²) in [6.45, 7) is 11.7. The third-order valence-corrected chi connectivity index (χ3v) is 7.56. The van der Waals surface area contributed by atoms with Gasteiger partial charge in [0.15, 0.2) is 14.1 Å². The van der Waals surface area contributed by atoms with E-state index in [9.17, 15) is 14.7 Å². The molecule has 0 bridgehead atoms. The van der Waals surface area contributed by atoms with Gasteiger partial charge in [0.05, 0.1) is 0 Å². The molecule has 0 rings (SSSR count). The number of rotatable bonds is 4. The van der Waals surface area contributed by atoms with E-state index in [0.29, 0.717) is 0 Å². The highest BCUT2D eigenvalue weighted by Crippen LogP contribution is 2.46. The molecule has 0 aromatic rings. The van der Waals surface area contributed by atoms with Gasteiger partial charge in [0.2, 0.25) is 0 Å². The predicted molar refractivity (Wildman–Crippen MR) is 65.2 cm³/mol. The Balaban J connectivity index is 5.03. The summed E-state index contributed by atoms with van der Waals surface area (Å²) >= 11 is 0. The molecule has 0 spiro atoms. The van der Waals surface area contributed by atoms with Crippen LogP contribution < -0.4 is 0 Å². The molecule has 0 aliphatic rings. The maximum atomic E-state index is 10.2. The Morgan fingerprint density at radius 1 is 0.933 bits per heavy atom. The van der Waals surface area contributed by atoms with Gasteiger partial charge in [0.1, 0.15) is 0 Å². The molecule has 0 amide bonds. The van der Waals surface area contributed by atoms with E-state index in [1.54, 1.807) is 40.0 Å². The zero-order valence-electron chi connectivity index (χ0n) is 10.7. The fourth-order valence-corrected chi connectivity index (χ4v) is 3.70. The molecule has 0 saturated carbocycles. The second-order valence-electron chi connectivity index (χ2n) is 5.72. The Kier molecular flexibility index (Phi) is 4.01. The number of hydrogen-bond donors (Lipinski definition) is 3. The Morgan fingerprint density at radius 3 is 1.47 bits per heavy atom. The van der Waals surface area contributed by atoms with Crippen molar-refractivity contribution in [1.29, 1.82) is 0 Å². The summed E-state index contributed by atoms with van der Waals surface area (Å²) in [5, 5.41) is 9.48. The molecule has 0 heterocycles. The Labute approximate surface area is 94.3 Å². The van der Waals surface area contributed by atoms with E-state index in [4.69, 9.17) is 4.43 Å². The van der Waals surface area contributed by atoms with E-state index in [0.717, 1.165) is 0 Å². The van der Waals surface area contributed by atoms with Crippen molar-refractivity contribution in [1.82, 2.24) is 0 Å². The summed E-state index contributed by atoms with van der Waals surface area (Å²) in [7, 11) is -5.40. The van der Waals surface area contributed by atoms with Crippen LogP contribution in [0.4, 0.5) is 0 Å². The number of aliphatic hydroxyl groups is 1. The molecule has 3 N–H and O–H groups in total. The summed E-state index contributed by atoms with van der Waals surface area (Å²) in [5.41, 5.74) is 0. The first-order valence-electron chi connectivity index (χ1n) is 5.08. The highest BCUT2D eigenvalue weighted by atomic mass is 28.4. The molecule has 1 atom stereocenters. The molecule has 1 unspecified atom stereocenters. The number of hydrogen-bond acceptors (Lipinski definition) is 4. The van der Waals surface area contributed by atoms with Gasteiger partial charge in [-0.3, -0.25) is 0 Å². The van der Waals surface area contributed by atoms with Gasteiger partial charge in [-0.1, -0.05) is 13.8 Å². The summed E-state index contributed by atoms with van der Waals surface area (Å²) < 4.78 is 5.34. The minimum absolute atomic E-state index is 0.757. The van der Waals surface area contributed by atoms with E-state index < -0.39 is 27.7 Å². The molecule has 0 radical (unpaired) electrons. The summed E-state index contributed by atoms with van der Waals surface area (Å²) in [5.74, 6) is -1.51. The van der Waals surface area contributed by atoms with Crippen molar-refractivity contribution in [3.63, 3.8) is 0 Å². The van der Waals surface area contributed by atoms with Crippen LogP contribution in [0.1, 0.15) is 20.8 Å². The smallest absolute Gasteiger partial charge is 0.331 e. The Hall–Kier alpha value is 0.274. The maximum Gasteiger partial charge on any atom is 0.331 e. The van der Waals surface area contributed by atoms with Crippen molar-refractivity contribution in [2.75, 3.05) is 0 Å². The quantitative estimate of drug-likeness (QED) is 0.522. The zero-order chi connectivity index (χ0) is 12.7. The van der Waals surface area contributed by atoms with Crippen molar-refractivity contribution in [3.05, 3.63) is 0 Å². The second-order valence-corrected chi connectivity index (χ2v) is 13.2. The lowest BCUT2D eigenvalue weighted by Gasteiger charge is -2.47. The fraction of sp³-hybridized carbons (Fsp3) is 1.00. The van der Waals surface area contributed by atoms with Crippen molar-refractivity contribution in [3.8, 4) is 0 Å². The molecular formula is C9H24O4Si2. The largest absolute Gasteiger partial charge is 0.432 e. The van der Waals surface area contributed by atoms with Gasteiger partial charge in [-0.2, -0.15) is 0 Å². The van der Waals surface area contributed by atoms with Crippen LogP contribution in [0, 0.1) is 0 Å². The monoisotopic (exact) mass is 252 g/mol. The van der Waals surface area contributed by atoms with Crippen molar-refractivity contribution in [2.24, 2.45) is 0 Å². The van der Waals surface area contributed by atoms with E-state index >= 15 is 0 Å². The van der Waals surface area contributed by atoms with Crippen LogP contribution in [-0.2, 0) is 4.43 Å². The molecule has 6 heteroatoms. The van der Waals surface area contributed by atoms with E-state index in [1.807, 2.05) is 0 Å². The van der Waals surface area contributed by atoms with Gasteiger partial charge < -0.3 is 19.1 Å². The van der Waals surface area contributed by atoms with E-state index in [2.05, 4.69) is 0 Å². The lowest BCUT2D eigenvalue weighted by Crippen LogP contribution is -2.57. The van der Waals surface area contributed by atoms with E-state index in [-0.39, 0.29) is 0 Å². The van der Waals surface area contributed by atoms with Gasteiger partial charge in [0.25, 0.3) is 0 Å². The molecule has 0 saturated heterocycles. The third-order valence-electron chi connectivity index (χ3n) is 3.14. The molecule has 0 aromatic carbocycles. The van der Waals surface area contributed by atoms with Crippen LogP contribution in [0.15, 0.2) is 0 Å². The third kappa shape index (κ3) is 3.65. The second kappa shape index (κ2) is 3.94. The van der Waals surface area contributed by atoms with Gasteiger partial charge in [-0.05, 0) is 33.1 Å². The Bertz CT molecular complexity index is 225. The van der Waals surface area contributed by atoms with Crippen molar-refractivity contribution < 1.29 is 19.1 Å². The highest BCUT2D eigenvalue weighted by molar-refractivity contribution is 6.73. The van der Waals surface area contributed by atoms with Crippen LogP contribution >= 0.6 is 0 Å². The van der Waals surface area contributed by atoms with Gasteiger partial charge >= 0.3 is 8.56 Å². The SMILES string of the molecule is CC(O)(O[Si](C)(C)O)C(C)(C)[Si](C)(C)O. The molecule has 4 nitrogen and oxygen atoms in total. The molecule has 0 aliphatic carbocycles. The fourth-order valence-electron chi connectivity index (χ4n) is 1.18. The lowest BCUT2D eigenvalue weighted by molar-refractivity contribution is -0.167. The van der Waals surface area contributed by atoms with E-state index in [1.165, 1.54) is 6.92 Å². The molecule has 0 aliphatic heterocycles. The lowest BCUT2D eigenvalue weighted by atomic mass is 10.0. The molecular weight excluding hydrogens is 228 g/mol. The summed E-state index contributed by atoms with van der Waals surface area (Å²) in [4.78, 5) is 19.8. The topological polar surface area (TPSA) is 69.9 Å². The standard InChI is InChI=1S/C9H24O4Si2/c1-8(2,14(4,5)11)9(3,10)13-15(6,7)12/h10-12H,1-7H3. The normalized spacial score (nSPS) is 18.8. The average molecular weight is 252 g/mol. The minimum Gasteiger partial charge on any atom is -0.432 e.